The van der Waals surface area contributed by atoms with E-state index in [0.29, 0.717) is 66.1 Å². The van der Waals surface area contributed by atoms with Gasteiger partial charge in [-0.05, 0) is 43.2 Å². The predicted octanol–water partition coefficient (Wildman–Crippen LogP) is 3.21. The molecular weight excluding hydrogens is 462 g/mol. The van der Waals surface area contributed by atoms with E-state index >= 15 is 0 Å². The van der Waals surface area contributed by atoms with E-state index in [2.05, 4.69) is 27.2 Å². The molecule has 0 radical (unpaired) electrons. The number of rotatable bonds is 7. The van der Waals surface area contributed by atoms with Crippen LogP contribution >= 0.6 is 0 Å². The number of methoxy groups -OCH3 is 1. The van der Waals surface area contributed by atoms with Crippen LogP contribution in [0.3, 0.4) is 0 Å². The number of amides is 1. The SMILES string of the molecule is C=CC(=O)Nc1cccc(-n2c(=O)n(C3CCOCC3)c3cnc(Nc4ccc(OC)nc4)nc32)c1. The number of aromatic nitrogens is 5. The van der Waals surface area contributed by atoms with Crippen molar-refractivity contribution in [2.45, 2.75) is 18.9 Å². The van der Waals surface area contributed by atoms with E-state index in [1.54, 1.807) is 60.5 Å². The quantitative estimate of drug-likeness (QED) is 0.381. The number of hydrogen-bond acceptors (Lipinski definition) is 8. The zero-order valence-electron chi connectivity index (χ0n) is 19.7. The number of benzene rings is 1. The Bertz CT molecular complexity index is 1470. The monoisotopic (exact) mass is 487 g/mol. The lowest BCUT2D eigenvalue weighted by Crippen LogP contribution is -2.30. The average Bonchev–Trinajstić information content (AvgIpc) is 3.20. The summed E-state index contributed by atoms with van der Waals surface area (Å²) in [4.78, 5) is 39.0. The number of fused-ring (bicyclic) bond motifs is 1. The van der Waals surface area contributed by atoms with E-state index in [4.69, 9.17) is 14.5 Å². The van der Waals surface area contributed by atoms with E-state index in [-0.39, 0.29) is 17.6 Å². The summed E-state index contributed by atoms with van der Waals surface area (Å²) in [5, 5.41) is 5.86. The lowest BCUT2D eigenvalue weighted by Gasteiger charge is -2.23. The third-order valence-corrected chi connectivity index (χ3v) is 5.93. The second kappa shape index (κ2) is 10.0. The molecule has 1 amide bonds. The van der Waals surface area contributed by atoms with Gasteiger partial charge in [0, 0.05) is 31.0 Å². The van der Waals surface area contributed by atoms with Crippen molar-refractivity contribution in [1.82, 2.24) is 24.1 Å². The Balaban J connectivity index is 1.62. The van der Waals surface area contributed by atoms with Gasteiger partial charge < -0.3 is 20.1 Å². The van der Waals surface area contributed by atoms with Gasteiger partial charge in [0.25, 0.3) is 0 Å². The molecule has 1 saturated heterocycles. The average molecular weight is 488 g/mol. The van der Waals surface area contributed by atoms with Crippen molar-refractivity contribution in [3.8, 4) is 11.6 Å². The fourth-order valence-corrected chi connectivity index (χ4v) is 4.21. The largest absolute Gasteiger partial charge is 0.481 e. The van der Waals surface area contributed by atoms with Crippen LogP contribution in [0.4, 0.5) is 17.3 Å². The first-order chi connectivity index (χ1) is 17.6. The summed E-state index contributed by atoms with van der Waals surface area (Å²) in [6.07, 6.45) is 5.88. The van der Waals surface area contributed by atoms with Crippen LogP contribution in [-0.2, 0) is 9.53 Å². The van der Waals surface area contributed by atoms with Crippen molar-refractivity contribution < 1.29 is 14.3 Å². The van der Waals surface area contributed by atoms with Gasteiger partial charge in [-0.15, -0.1) is 0 Å². The Hall–Kier alpha value is -4.51. The minimum atomic E-state index is -0.342. The van der Waals surface area contributed by atoms with E-state index in [1.165, 1.54) is 10.6 Å². The van der Waals surface area contributed by atoms with Gasteiger partial charge in [-0.2, -0.15) is 4.98 Å². The highest BCUT2D eigenvalue weighted by Gasteiger charge is 2.25. The lowest BCUT2D eigenvalue weighted by molar-refractivity contribution is -0.111. The molecule has 1 fully saturated rings. The number of carbonyl (C=O) groups excluding carboxylic acids is 1. The molecule has 11 heteroatoms. The molecule has 0 saturated carbocycles. The normalized spacial score (nSPS) is 13.9. The van der Waals surface area contributed by atoms with Crippen molar-refractivity contribution >= 4 is 34.4 Å². The van der Waals surface area contributed by atoms with Gasteiger partial charge in [0.15, 0.2) is 5.65 Å². The molecule has 0 bridgehead atoms. The Morgan fingerprint density at radius 1 is 1.17 bits per heavy atom. The molecule has 3 aromatic heterocycles. The number of pyridine rings is 1. The molecular formula is C25H25N7O4. The van der Waals surface area contributed by atoms with Gasteiger partial charge in [0.2, 0.25) is 17.7 Å². The van der Waals surface area contributed by atoms with Crippen molar-refractivity contribution in [3.05, 3.63) is 71.9 Å². The Labute approximate surface area is 206 Å². The smallest absolute Gasteiger partial charge is 0.335 e. The second-order valence-corrected chi connectivity index (χ2v) is 8.19. The van der Waals surface area contributed by atoms with Crippen LogP contribution in [0.1, 0.15) is 18.9 Å². The highest BCUT2D eigenvalue weighted by Crippen LogP contribution is 2.27. The van der Waals surface area contributed by atoms with E-state index in [1.807, 2.05) is 0 Å². The van der Waals surface area contributed by atoms with Crippen LogP contribution in [0, 0.1) is 0 Å². The fraction of sp³-hybridized carbons (Fsp3) is 0.240. The molecule has 4 heterocycles. The predicted molar refractivity (Wildman–Crippen MR) is 135 cm³/mol. The van der Waals surface area contributed by atoms with Crippen LogP contribution in [-0.4, -0.2) is 50.3 Å². The molecule has 184 valence electrons. The molecule has 11 nitrogen and oxygen atoms in total. The van der Waals surface area contributed by atoms with Crippen LogP contribution in [0.25, 0.3) is 16.9 Å². The van der Waals surface area contributed by atoms with Gasteiger partial charge in [0.1, 0.15) is 5.52 Å². The minimum Gasteiger partial charge on any atom is -0.481 e. The summed E-state index contributed by atoms with van der Waals surface area (Å²) in [6.45, 7) is 4.65. The molecule has 0 aliphatic carbocycles. The molecule has 2 N–H and O–H groups in total. The molecule has 36 heavy (non-hydrogen) atoms. The highest BCUT2D eigenvalue weighted by atomic mass is 16.5. The molecule has 1 aliphatic rings. The molecule has 0 atom stereocenters. The van der Waals surface area contributed by atoms with Crippen LogP contribution in [0.15, 0.2) is 66.2 Å². The standard InChI is InChI=1S/C25H25N7O4/c1-3-21(33)28-16-5-4-6-19(13-16)32-23-20(31(25(32)34)18-9-11-36-12-10-18)15-27-24(30-23)29-17-7-8-22(35-2)26-14-17/h3-8,13-15,18H,1,9-12H2,2H3,(H,28,33)(H,27,29,30). The third-order valence-electron chi connectivity index (χ3n) is 5.93. The van der Waals surface area contributed by atoms with Crippen molar-refractivity contribution in [2.24, 2.45) is 0 Å². The van der Waals surface area contributed by atoms with E-state index in [9.17, 15) is 9.59 Å². The molecule has 5 rings (SSSR count). The zero-order chi connectivity index (χ0) is 25.1. The summed E-state index contributed by atoms with van der Waals surface area (Å²) >= 11 is 0. The van der Waals surface area contributed by atoms with E-state index < -0.39 is 0 Å². The molecule has 4 aromatic rings. The summed E-state index contributed by atoms with van der Waals surface area (Å²) in [7, 11) is 1.55. The fourth-order valence-electron chi connectivity index (χ4n) is 4.21. The number of imidazole rings is 1. The van der Waals surface area contributed by atoms with Crippen LogP contribution < -0.4 is 21.1 Å². The minimum absolute atomic E-state index is 0.0353. The number of nitrogens with one attached hydrogen (secondary N) is 2. The van der Waals surface area contributed by atoms with Gasteiger partial charge in [-0.25, -0.2) is 19.3 Å². The van der Waals surface area contributed by atoms with Crippen molar-refractivity contribution in [3.63, 3.8) is 0 Å². The van der Waals surface area contributed by atoms with Gasteiger partial charge in [0.05, 0.1) is 30.9 Å². The first-order valence-electron chi connectivity index (χ1n) is 11.5. The third kappa shape index (κ3) is 4.56. The molecule has 0 unspecified atom stereocenters. The lowest BCUT2D eigenvalue weighted by atomic mass is 10.1. The molecule has 1 aliphatic heterocycles. The summed E-state index contributed by atoms with van der Waals surface area (Å²) in [5.41, 5.74) is 2.59. The topological polar surface area (TPSA) is 125 Å². The Morgan fingerprint density at radius 3 is 2.72 bits per heavy atom. The van der Waals surface area contributed by atoms with Gasteiger partial charge >= 0.3 is 5.69 Å². The Kier molecular flexibility index (Phi) is 6.46. The number of hydrogen-bond donors (Lipinski definition) is 2. The van der Waals surface area contributed by atoms with Crippen LogP contribution in [0.2, 0.25) is 0 Å². The van der Waals surface area contributed by atoms with Crippen molar-refractivity contribution in [2.75, 3.05) is 31.0 Å². The van der Waals surface area contributed by atoms with Crippen LogP contribution in [0.5, 0.6) is 5.88 Å². The molecule has 1 aromatic carbocycles. The number of anilines is 3. The summed E-state index contributed by atoms with van der Waals surface area (Å²) < 4.78 is 13.9. The first kappa shape index (κ1) is 23.2. The first-order valence-corrected chi connectivity index (χ1v) is 11.5. The number of nitrogens with zero attached hydrogens (tertiary/aromatic N) is 5. The van der Waals surface area contributed by atoms with Gasteiger partial charge in [-0.3, -0.25) is 9.36 Å². The summed E-state index contributed by atoms with van der Waals surface area (Å²) in [6, 6.07) is 10.5. The maximum Gasteiger partial charge on any atom is 0.335 e. The molecule has 0 spiro atoms. The number of ether oxygens (including phenoxy) is 2. The zero-order valence-corrected chi connectivity index (χ0v) is 19.7. The maximum absolute atomic E-state index is 13.8. The van der Waals surface area contributed by atoms with Gasteiger partial charge in [-0.1, -0.05) is 12.6 Å². The Morgan fingerprint density at radius 2 is 2.00 bits per heavy atom. The van der Waals surface area contributed by atoms with E-state index in [0.717, 1.165) is 0 Å². The second-order valence-electron chi connectivity index (χ2n) is 8.19. The maximum atomic E-state index is 13.8. The summed E-state index contributed by atoms with van der Waals surface area (Å²) in [5.74, 6) is 0.456. The number of carbonyl (C=O) groups is 1. The highest BCUT2D eigenvalue weighted by molar-refractivity contribution is 5.99. The van der Waals surface area contributed by atoms with Crippen molar-refractivity contribution in [1.29, 1.82) is 0 Å².